The third-order valence-corrected chi connectivity index (χ3v) is 5.94. The molecule has 1 amide bonds. The van der Waals surface area contributed by atoms with Crippen molar-refractivity contribution in [3.05, 3.63) is 0 Å². The van der Waals surface area contributed by atoms with Crippen LogP contribution in [0.4, 0.5) is 0 Å². The van der Waals surface area contributed by atoms with Gasteiger partial charge in [0.25, 0.3) is 0 Å². The Hall–Kier alpha value is -1.15. The molecule has 0 aromatic carbocycles. The minimum atomic E-state index is -2.99. The minimum absolute atomic E-state index is 0.0171. The maximum Gasteiger partial charge on any atom is 0.306 e. The lowest BCUT2D eigenvalue weighted by molar-refractivity contribution is -0.143. The number of carboxylic acid groups (broad SMARTS) is 1. The summed E-state index contributed by atoms with van der Waals surface area (Å²) in [5, 5.41) is 14.8. The average Bonchev–Trinajstić information content (AvgIpc) is 2.76. The van der Waals surface area contributed by atoms with E-state index in [0.717, 1.165) is 12.8 Å². The molecule has 7 nitrogen and oxygen atoms in total. The standard InChI is InChI=1S/C13H22N2O5S/c16-12(15-11-4-5-21(19,20)8-11)7-14-10-3-1-2-9(6-10)13(17)18/h9-11,14H,1-8H2,(H,15,16)(H,17,18). The van der Waals surface area contributed by atoms with Gasteiger partial charge in [-0.2, -0.15) is 0 Å². The summed E-state index contributed by atoms with van der Waals surface area (Å²) in [4.78, 5) is 22.7. The van der Waals surface area contributed by atoms with Gasteiger partial charge >= 0.3 is 5.97 Å². The molecule has 1 aliphatic carbocycles. The van der Waals surface area contributed by atoms with E-state index in [1.807, 2.05) is 0 Å². The summed E-state index contributed by atoms with van der Waals surface area (Å²) < 4.78 is 22.6. The summed E-state index contributed by atoms with van der Waals surface area (Å²) in [6, 6.07) is -0.250. The maximum absolute atomic E-state index is 11.8. The van der Waals surface area contributed by atoms with E-state index >= 15 is 0 Å². The zero-order chi connectivity index (χ0) is 15.5. The number of carbonyl (C=O) groups excluding carboxylic acids is 1. The van der Waals surface area contributed by atoms with Crippen molar-refractivity contribution in [3.63, 3.8) is 0 Å². The van der Waals surface area contributed by atoms with Gasteiger partial charge in [0.1, 0.15) is 0 Å². The number of sulfone groups is 1. The number of amides is 1. The lowest BCUT2D eigenvalue weighted by Crippen LogP contribution is -2.45. The molecule has 3 atom stereocenters. The lowest BCUT2D eigenvalue weighted by atomic mass is 9.86. The van der Waals surface area contributed by atoms with Crippen molar-refractivity contribution in [1.29, 1.82) is 0 Å². The van der Waals surface area contributed by atoms with Crippen molar-refractivity contribution in [2.24, 2.45) is 5.92 Å². The molecule has 0 aromatic heterocycles. The van der Waals surface area contributed by atoms with Crippen LogP contribution in [0.5, 0.6) is 0 Å². The monoisotopic (exact) mass is 318 g/mol. The minimum Gasteiger partial charge on any atom is -0.481 e. The largest absolute Gasteiger partial charge is 0.481 e. The molecule has 3 unspecified atom stereocenters. The zero-order valence-electron chi connectivity index (χ0n) is 11.9. The van der Waals surface area contributed by atoms with Crippen molar-refractivity contribution in [1.82, 2.24) is 10.6 Å². The SMILES string of the molecule is O=C(CNC1CCCC(C(=O)O)C1)NC1CCS(=O)(=O)C1. The average molecular weight is 318 g/mol. The molecule has 0 bridgehead atoms. The van der Waals surface area contributed by atoms with Gasteiger partial charge in [-0.1, -0.05) is 6.42 Å². The summed E-state index contributed by atoms with van der Waals surface area (Å²) >= 11 is 0. The molecular formula is C13H22N2O5S. The van der Waals surface area contributed by atoms with Gasteiger partial charge in [0.05, 0.1) is 24.0 Å². The first-order valence-electron chi connectivity index (χ1n) is 7.32. The number of carbonyl (C=O) groups is 2. The van der Waals surface area contributed by atoms with Crippen molar-refractivity contribution >= 4 is 21.7 Å². The highest BCUT2D eigenvalue weighted by Crippen LogP contribution is 2.24. The Morgan fingerprint density at radius 3 is 2.52 bits per heavy atom. The van der Waals surface area contributed by atoms with Crippen LogP contribution < -0.4 is 10.6 Å². The molecule has 21 heavy (non-hydrogen) atoms. The number of carboxylic acids is 1. The Kier molecular flexibility index (Phi) is 5.21. The fraction of sp³-hybridized carbons (Fsp3) is 0.846. The Balaban J connectivity index is 1.70. The normalized spacial score (nSPS) is 31.7. The van der Waals surface area contributed by atoms with Gasteiger partial charge in [0.15, 0.2) is 9.84 Å². The van der Waals surface area contributed by atoms with Crippen LogP contribution in [-0.2, 0) is 19.4 Å². The predicted molar refractivity (Wildman–Crippen MR) is 76.6 cm³/mol. The number of hydrogen-bond donors (Lipinski definition) is 3. The maximum atomic E-state index is 11.8. The van der Waals surface area contributed by atoms with E-state index in [-0.39, 0.29) is 42.0 Å². The molecular weight excluding hydrogens is 296 g/mol. The van der Waals surface area contributed by atoms with E-state index in [1.165, 1.54) is 0 Å². The molecule has 1 saturated heterocycles. The molecule has 8 heteroatoms. The first kappa shape index (κ1) is 16.2. The summed E-state index contributed by atoms with van der Waals surface area (Å²) in [5.41, 5.74) is 0. The van der Waals surface area contributed by atoms with Crippen LogP contribution in [-0.4, -0.2) is 55.5 Å². The summed E-state index contributed by atoms with van der Waals surface area (Å²) in [6.07, 6.45) is 3.42. The number of nitrogens with one attached hydrogen (secondary N) is 2. The molecule has 3 N–H and O–H groups in total. The molecule has 0 radical (unpaired) electrons. The molecule has 1 saturated carbocycles. The number of rotatable bonds is 5. The highest BCUT2D eigenvalue weighted by atomic mass is 32.2. The molecule has 0 spiro atoms. The molecule has 0 aromatic rings. The van der Waals surface area contributed by atoms with Crippen LogP contribution >= 0.6 is 0 Å². The van der Waals surface area contributed by atoms with Gasteiger partial charge in [0.2, 0.25) is 5.91 Å². The summed E-state index contributed by atoms with van der Waals surface area (Å²) in [7, 11) is -2.99. The van der Waals surface area contributed by atoms with Crippen molar-refractivity contribution in [2.75, 3.05) is 18.1 Å². The summed E-state index contributed by atoms with van der Waals surface area (Å²) in [5.74, 6) is -1.19. The fourth-order valence-electron chi connectivity index (χ4n) is 3.02. The van der Waals surface area contributed by atoms with E-state index in [9.17, 15) is 18.0 Å². The second-order valence-electron chi connectivity index (χ2n) is 5.95. The van der Waals surface area contributed by atoms with Crippen molar-refractivity contribution < 1.29 is 23.1 Å². The van der Waals surface area contributed by atoms with Gasteiger partial charge in [-0.05, 0) is 25.7 Å². The molecule has 2 rings (SSSR count). The topological polar surface area (TPSA) is 113 Å². The van der Waals surface area contributed by atoms with Gasteiger partial charge < -0.3 is 15.7 Å². The Morgan fingerprint density at radius 1 is 1.14 bits per heavy atom. The molecule has 120 valence electrons. The Morgan fingerprint density at radius 2 is 1.90 bits per heavy atom. The fourth-order valence-corrected chi connectivity index (χ4v) is 4.70. The Labute approximate surface area is 124 Å². The second-order valence-corrected chi connectivity index (χ2v) is 8.18. The quantitative estimate of drug-likeness (QED) is 0.631. The molecule has 2 fully saturated rings. The van der Waals surface area contributed by atoms with Crippen LogP contribution in [0.15, 0.2) is 0 Å². The molecule has 2 aliphatic rings. The highest BCUT2D eigenvalue weighted by Gasteiger charge is 2.30. The van der Waals surface area contributed by atoms with Gasteiger partial charge in [-0.25, -0.2) is 8.42 Å². The van der Waals surface area contributed by atoms with E-state index in [4.69, 9.17) is 5.11 Å². The van der Waals surface area contributed by atoms with Crippen molar-refractivity contribution in [3.8, 4) is 0 Å². The van der Waals surface area contributed by atoms with Gasteiger partial charge in [-0.15, -0.1) is 0 Å². The van der Waals surface area contributed by atoms with Crippen molar-refractivity contribution in [2.45, 2.75) is 44.2 Å². The lowest BCUT2D eigenvalue weighted by Gasteiger charge is -2.27. The van der Waals surface area contributed by atoms with Crippen LogP contribution in [0.2, 0.25) is 0 Å². The first-order valence-corrected chi connectivity index (χ1v) is 9.14. The van der Waals surface area contributed by atoms with E-state index in [0.29, 0.717) is 19.3 Å². The first-order chi connectivity index (χ1) is 9.85. The summed E-state index contributed by atoms with van der Waals surface area (Å²) in [6.45, 7) is 0.105. The zero-order valence-corrected chi connectivity index (χ0v) is 12.7. The van der Waals surface area contributed by atoms with Crippen LogP contribution in [0.1, 0.15) is 32.1 Å². The van der Waals surface area contributed by atoms with Crippen LogP contribution in [0.25, 0.3) is 0 Å². The predicted octanol–water partition coefficient (Wildman–Crippen LogP) is -0.477. The molecule has 1 aliphatic heterocycles. The number of hydrogen-bond acceptors (Lipinski definition) is 5. The smallest absolute Gasteiger partial charge is 0.306 e. The highest BCUT2D eigenvalue weighted by molar-refractivity contribution is 7.91. The van der Waals surface area contributed by atoms with E-state index in [1.54, 1.807) is 0 Å². The third-order valence-electron chi connectivity index (χ3n) is 4.17. The van der Waals surface area contributed by atoms with Gasteiger partial charge in [0, 0.05) is 12.1 Å². The number of aliphatic carboxylic acids is 1. The van der Waals surface area contributed by atoms with Gasteiger partial charge in [-0.3, -0.25) is 9.59 Å². The van der Waals surface area contributed by atoms with Crippen LogP contribution in [0.3, 0.4) is 0 Å². The Bertz CT molecular complexity index is 505. The van der Waals surface area contributed by atoms with Crippen LogP contribution in [0, 0.1) is 5.92 Å². The van der Waals surface area contributed by atoms with E-state index in [2.05, 4.69) is 10.6 Å². The third kappa shape index (κ3) is 4.96. The molecule has 1 heterocycles. The van der Waals surface area contributed by atoms with E-state index < -0.39 is 15.8 Å². The second kappa shape index (κ2) is 6.74.